The number of benzene rings is 1. The first-order valence-electron chi connectivity index (χ1n) is 5.31. The Bertz CT molecular complexity index is 361. The summed E-state index contributed by atoms with van der Waals surface area (Å²) in [7, 11) is 1.74. The zero-order chi connectivity index (χ0) is 9.81. The normalized spacial score (nSPS) is 38.4. The lowest BCUT2D eigenvalue weighted by atomic mass is 9.34. The van der Waals surface area contributed by atoms with E-state index in [2.05, 4.69) is 25.1 Å². The van der Waals surface area contributed by atoms with Crippen molar-refractivity contribution in [3.8, 4) is 5.75 Å². The largest absolute Gasteiger partial charge is 0.497 e. The standard InChI is InChI=1S/C13H16O/c1-12-7-13(8-12,9-12)10-4-3-5-11(6-10)14-2/h3-6H,7-9H2,1-2H3. The molecule has 0 atom stereocenters. The molecule has 3 fully saturated rings. The zero-order valence-corrected chi connectivity index (χ0v) is 8.84. The van der Waals surface area contributed by atoms with Crippen LogP contribution in [0.15, 0.2) is 24.3 Å². The van der Waals surface area contributed by atoms with Crippen LogP contribution in [-0.2, 0) is 5.41 Å². The average molecular weight is 188 g/mol. The number of rotatable bonds is 2. The Hall–Kier alpha value is -0.980. The lowest BCUT2D eigenvalue weighted by molar-refractivity contribution is -0.125. The minimum absolute atomic E-state index is 0.531. The highest BCUT2D eigenvalue weighted by Crippen LogP contribution is 2.73. The molecule has 0 spiro atoms. The van der Waals surface area contributed by atoms with Crippen LogP contribution in [0.5, 0.6) is 5.75 Å². The molecule has 0 radical (unpaired) electrons. The first-order valence-corrected chi connectivity index (χ1v) is 5.31. The van der Waals surface area contributed by atoms with Crippen molar-refractivity contribution >= 4 is 0 Å². The van der Waals surface area contributed by atoms with Gasteiger partial charge in [0.05, 0.1) is 7.11 Å². The molecule has 0 saturated heterocycles. The van der Waals surface area contributed by atoms with E-state index in [-0.39, 0.29) is 0 Å². The smallest absolute Gasteiger partial charge is 0.119 e. The Balaban J connectivity index is 1.91. The summed E-state index contributed by atoms with van der Waals surface area (Å²) in [6.07, 6.45) is 4.15. The molecule has 1 aromatic carbocycles. The molecule has 74 valence electrons. The van der Waals surface area contributed by atoms with E-state index in [4.69, 9.17) is 4.74 Å². The molecule has 0 N–H and O–H groups in total. The number of hydrogen-bond acceptors (Lipinski definition) is 1. The minimum Gasteiger partial charge on any atom is -0.497 e. The van der Waals surface area contributed by atoms with Crippen LogP contribution in [0, 0.1) is 5.41 Å². The minimum atomic E-state index is 0.531. The maximum atomic E-state index is 5.26. The van der Waals surface area contributed by atoms with Gasteiger partial charge in [0.25, 0.3) is 0 Å². The summed E-state index contributed by atoms with van der Waals surface area (Å²) in [6.45, 7) is 2.40. The van der Waals surface area contributed by atoms with Gasteiger partial charge in [-0.3, -0.25) is 0 Å². The van der Waals surface area contributed by atoms with Gasteiger partial charge in [-0.25, -0.2) is 0 Å². The Labute approximate surface area is 85.1 Å². The van der Waals surface area contributed by atoms with Gasteiger partial charge in [0.2, 0.25) is 0 Å². The lowest BCUT2D eigenvalue weighted by Crippen LogP contribution is -2.62. The van der Waals surface area contributed by atoms with Gasteiger partial charge < -0.3 is 4.74 Å². The Kier molecular flexibility index (Phi) is 1.39. The maximum absolute atomic E-state index is 5.26. The fraction of sp³-hybridized carbons (Fsp3) is 0.538. The monoisotopic (exact) mass is 188 g/mol. The highest BCUT2D eigenvalue weighted by atomic mass is 16.5. The Morgan fingerprint density at radius 1 is 1.21 bits per heavy atom. The van der Waals surface area contributed by atoms with Crippen LogP contribution < -0.4 is 4.74 Å². The van der Waals surface area contributed by atoms with Gasteiger partial charge >= 0.3 is 0 Å². The molecule has 0 heterocycles. The molecule has 1 nitrogen and oxygen atoms in total. The van der Waals surface area contributed by atoms with Crippen molar-refractivity contribution in [3.63, 3.8) is 0 Å². The van der Waals surface area contributed by atoms with Crippen molar-refractivity contribution in [1.82, 2.24) is 0 Å². The second-order valence-corrected chi connectivity index (χ2v) is 5.35. The summed E-state index contributed by atoms with van der Waals surface area (Å²) in [4.78, 5) is 0. The van der Waals surface area contributed by atoms with E-state index >= 15 is 0 Å². The number of ether oxygens (including phenoxy) is 1. The molecular formula is C13H16O. The van der Waals surface area contributed by atoms with Crippen molar-refractivity contribution in [2.24, 2.45) is 5.41 Å². The van der Waals surface area contributed by atoms with Crippen LogP contribution >= 0.6 is 0 Å². The topological polar surface area (TPSA) is 9.23 Å². The van der Waals surface area contributed by atoms with Crippen LogP contribution in [0.3, 0.4) is 0 Å². The SMILES string of the molecule is COc1cccc(C23CC(C)(C2)C3)c1. The van der Waals surface area contributed by atoms with Gasteiger partial charge in [0.15, 0.2) is 0 Å². The zero-order valence-electron chi connectivity index (χ0n) is 8.84. The molecule has 0 unspecified atom stereocenters. The van der Waals surface area contributed by atoms with Crippen LogP contribution in [0.2, 0.25) is 0 Å². The molecule has 0 aliphatic heterocycles. The highest BCUT2D eigenvalue weighted by Gasteiger charge is 2.65. The predicted octanol–water partition coefficient (Wildman–Crippen LogP) is 3.14. The van der Waals surface area contributed by atoms with Crippen molar-refractivity contribution in [2.75, 3.05) is 7.11 Å². The second kappa shape index (κ2) is 2.33. The van der Waals surface area contributed by atoms with Crippen molar-refractivity contribution in [2.45, 2.75) is 31.6 Å². The summed E-state index contributed by atoms with van der Waals surface area (Å²) in [6, 6.07) is 8.59. The molecule has 14 heavy (non-hydrogen) atoms. The van der Waals surface area contributed by atoms with E-state index in [9.17, 15) is 0 Å². The Morgan fingerprint density at radius 3 is 2.50 bits per heavy atom. The third-order valence-electron chi connectivity index (χ3n) is 3.98. The van der Waals surface area contributed by atoms with E-state index in [1.165, 1.54) is 24.8 Å². The fourth-order valence-electron chi connectivity index (χ4n) is 3.55. The maximum Gasteiger partial charge on any atom is 0.119 e. The molecule has 2 bridgehead atoms. The van der Waals surface area contributed by atoms with E-state index in [1.807, 2.05) is 6.07 Å². The Morgan fingerprint density at radius 2 is 1.93 bits per heavy atom. The molecule has 0 amide bonds. The molecular weight excluding hydrogens is 172 g/mol. The lowest BCUT2D eigenvalue weighted by Gasteiger charge is -2.70. The third kappa shape index (κ3) is 0.902. The van der Waals surface area contributed by atoms with Gasteiger partial charge in [0.1, 0.15) is 5.75 Å². The van der Waals surface area contributed by atoms with Gasteiger partial charge in [-0.1, -0.05) is 19.1 Å². The van der Waals surface area contributed by atoms with Gasteiger partial charge in [-0.2, -0.15) is 0 Å². The van der Waals surface area contributed by atoms with Crippen molar-refractivity contribution < 1.29 is 4.74 Å². The first kappa shape index (κ1) is 8.34. The van der Waals surface area contributed by atoms with E-state index in [0.29, 0.717) is 10.8 Å². The molecule has 3 aliphatic rings. The van der Waals surface area contributed by atoms with Gasteiger partial charge in [-0.05, 0) is 47.8 Å². The number of hydrogen-bond donors (Lipinski definition) is 0. The van der Waals surface area contributed by atoms with Crippen LogP contribution in [0.25, 0.3) is 0 Å². The predicted molar refractivity (Wildman–Crippen MR) is 56.6 cm³/mol. The van der Waals surface area contributed by atoms with E-state index in [1.54, 1.807) is 7.11 Å². The van der Waals surface area contributed by atoms with Gasteiger partial charge in [0, 0.05) is 0 Å². The van der Waals surface area contributed by atoms with Crippen molar-refractivity contribution in [1.29, 1.82) is 0 Å². The van der Waals surface area contributed by atoms with Crippen LogP contribution in [0.4, 0.5) is 0 Å². The molecule has 1 aromatic rings. The highest BCUT2D eigenvalue weighted by molar-refractivity contribution is 5.41. The summed E-state index contributed by atoms with van der Waals surface area (Å²) < 4.78 is 5.26. The average Bonchev–Trinajstić information content (AvgIpc) is 2.12. The van der Waals surface area contributed by atoms with Crippen LogP contribution in [0.1, 0.15) is 31.7 Å². The summed E-state index contributed by atoms with van der Waals surface area (Å²) in [5.74, 6) is 0.998. The second-order valence-electron chi connectivity index (χ2n) is 5.35. The molecule has 3 aliphatic carbocycles. The van der Waals surface area contributed by atoms with Crippen LogP contribution in [-0.4, -0.2) is 7.11 Å². The first-order chi connectivity index (χ1) is 6.66. The fourth-order valence-corrected chi connectivity index (χ4v) is 3.55. The van der Waals surface area contributed by atoms with E-state index in [0.717, 1.165) is 5.75 Å². The molecule has 0 aromatic heterocycles. The summed E-state index contributed by atoms with van der Waals surface area (Å²) in [5.41, 5.74) is 2.70. The molecule has 3 saturated carbocycles. The van der Waals surface area contributed by atoms with Crippen molar-refractivity contribution in [3.05, 3.63) is 29.8 Å². The molecule has 1 heteroatoms. The quantitative estimate of drug-likeness (QED) is 0.692. The van der Waals surface area contributed by atoms with Gasteiger partial charge in [-0.15, -0.1) is 0 Å². The summed E-state index contributed by atoms with van der Waals surface area (Å²) >= 11 is 0. The number of methoxy groups -OCH3 is 1. The molecule has 4 rings (SSSR count). The summed E-state index contributed by atoms with van der Waals surface area (Å²) in [5, 5.41) is 0. The van der Waals surface area contributed by atoms with E-state index < -0.39 is 0 Å². The third-order valence-corrected chi connectivity index (χ3v) is 3.98.